The molecule has 2 N–H and O–H groups in total. The number of nitrogens with zero attached hydrogens (tertiary/aromatic N) is 1. The Morgan fingerprint density at radius 3 is 2.68 bits per heavy atom. The standard InChI is InChI=1S/C18H17F4N3O2S/c19-12-5-3-11(4-6-12)9-23-16(26)10-28-17-24-13(14-2-1-7-27-14)8-15(25-17)18(20,21)22/h1-7,13,15H,8-10H2,(H,23,26)(H,24,25)/t13-,15+/m1/s1. The van der Waals surface area contributed by atoms with Crippen LogP contribution in [0.15, 0.2) is 52.1 Å². The summed E-state index contributed by atoms with van der Waals surface area (Å²) < 4.78 is 57.7. The number of benzene rings is 1. The summed E-state index contributed by atoms with van der Waals surface area (Å²) in [6, 6.07) is 6.26. The van der Waals surface area contributed by atoms with Crippen LogP contribution in [0.4, 0.5) is 17.6 Å². The van der Waals surface area contributed by atoms with Gasteiger partial charge >= 0.3 is 6.18 Å². The van der Waals surface area contributed by atoms with Crippen LogP contribution < -0.4 is 10.6 Å². The second-order valence-corrected chi connectivity index (χ2v) is 7.10. The minimum absolute atomic E-state index is 0.0342. The first-order valence-corrected chi connectivity index (χ1v) is 9.38. The van der Waals surface area contributed by atoms with E-state index >= 15 is 0 Å². The third-order valence-electron chi connectivity index (χ3n) is 4.04. The molecule has 0 bridgehead atoms. The maximum absolute atomic E-state index is 13.2. The van der Waals surface area contributed by atoms with Crippen molar-refractivity contribution in [1.29, 1.82) is 0 Å². The third-order valence-corrected chi connectivity index (χ3v) is 4.94. The van der Waals surface area contributed by atoms with Gasteiger partial charge in [0.25, 0.3) is 0 Å². The Morgan fingerprint density at radius 1 is 1.29 bits per heavy atom. The number of furan rings is 1. The third kappa shape index (κ3) is 5.51. The lowest BCUT2D eigenvalue weighted by molar-refractivity contribution is -0.155. The number of thioether (sulfide) groups is 1. The van der Waals surface area contributed by atoms with Crippen molar-refractivity contribution in [3.8, 4) is 0 Å². The molecule has 1 amide bonds. The van der Waals surface area contributed by atoms with Gasteiger partial charge in [-0.1, -0.05) is 23.9 Å². The van der Waals surface area contributed by atoms with Gasteiger partial charge in [-0.05, 0) is 29.8 Å². The van der Waals surface area contributed by atoms with Gasteiger partial charge in [0.1, 0.15) is 23.7 Å². The molecule has 0 aliphatic carbocycles. The molecule has 2 aromatic rings. The number of hydrogen-bond acceptors (Lipinski definition) is 5. The first kappa shape index (κ1) is 20.2. The van der Waals surface area contributed by atoms with Crippen molar-refractivity contribution >= 4 is 22.8 Å². The van der Waals surface area contributed by atoms with Gasteiger partial charge in [0.15, 0.2) is 5.17 Å². The normalized spacial score (nSPS) is 19.6. The Morgan fingerprint density at radius 2 is 2.04 bits per heavy atom. The minimum Gasteiger partial charge on any atom is -0.467 e. The number of nitrogens with one attached hydrogen (secondary N) is 2. The molecule has 0 saturated carbocycles. The van der Waals surface area contributed by atoms with Gasteiger partial charge in [0.2, 0.25) is 5.91 Å². The summed E-state index contributed by atoms with van der Waals surface area (Å²) in [5, 5.41) is 5.01. The number of rotatable bonds is 5. The Hall–Kier alpha value is -2.49. The molecule has 2 heterocycles. The van der Waals surface area contributed by atoms with Gasteiger partial charge in [-0.3, -0.25) is 9.79 Å². The van der Waals surface area contributed by atoms with Crippen LogP contribution >= 0.6 is 11.8 Å². The minimum atomic E-state index is -4.45. The second kappa shape index (κ2) is 8.68. The van der Waals surface area contributed by atoms with E-state index in [1.165, 1.54) is 30.5 Å². The molecule has 28 heavy (non-hydrogen) atoms. The maximum Gasteiger partial charge on any atom is 0.408 e. The van der Waals surface area contributed by atoms with Crippen molar-refractivity contribution in [3.05, 3.63) is 59.8 Å². The molecule has 10 heteroatoms. The van der Waals surface area contributed by atoms with Crippen LogP contribution in [0.25, 0.3) is 0 Å². The largest absolute Gasteiger partial charge is 0.467 e. The molecule has 1 aliphatic rings. The zero-order valence-electron chi connectivity index (χ0n) is 14.5. The van der Waals surface area contributed by atoms with E-state index in [0.29, 0.717) is 11.3 Å². The Bertz CT molecular complexity index is 822. The smallest absolute Gasteiger partial charge is 0.408 e. The lowest BCUT2D eigenvalue weighted by Crippen LogP contribution is -2.48. The highest BCUT2D eigenvalue weighted by atomic mass is 32.2. The van der Waals surface area contributed by atoms with Crippen LogP contribution in [0.2, 0.25) is 0 Å². The molecule has 1 aromatic carbocycles. The summed E-state index contributed by atoms with van der Waals surface area (Å²) in [6.45, 7) is 0.194. The first-order chi connectivity index (χ1) is 13.3. The highest BCUT2D eigenvalue weighted by Gasteiger charge is 2.44. The van der Waals surface area contributed by atoms with Gasteiger partial charge in [0, 0.05) is 13.0 Å². The predicted octanol–water partition coefficient (Wildman–Crippen LogP) is 3.79. The first-order valence-electron chi connectivity index (χ1n) is 8.39. The van der Waals surface area contributed by atoms with Gasteiger partial charge in [0.05, 0.1) is 12.0 Å². The number of aliphatic imine (C=N–C) groups is 1. The Kier molecular flexibility index (Phi) is 6.28. The number of halogens is 4. The van der Waals surface area contributed by atoms with Gasteiger partial charge in [-0.2, -0.15) is 13.2 Å². The average molecular weight is 415 g/mol. The van der Waals surface area contributed by atoms with Crippen LogP contribution in [-0.4, -0.2) is 29.0 Å². The van der Waals surface area contributed by atoms with Crippen molar-refractivity contribution in [2.75, 3.05) is 5.75 Å². The molecule has 0 spiro atoms. The molecule has 0 radical (unpaired) electrons. The molecule has 1 aromatic heterocycles. The van der Waals surface area contributed by atoms with Crippen LogP contribution in [-0.2, 0) is 11.3 Å². The highest BCUT2D eigenvalue weighted by Crippen LogP contribution is 2.34. The number of amides is 1. The van der Waals surface area contributed by atoms with Gasteiger partial charge in [-0.25, -0.2) is 4.39 Å². The number of carbonyl (C=O) groups is 1. The fourth-order valence-electron chi connectivity index (χ4n) is 2.61. The van der Waals surface area contributed by atoms with Crippen LogP contribution in [0.1, 0.15) is 23.8 Å². The Labute approximate surface area is 162 Å². The summed E-state index contributed by atoms with van der Waals surface area (Å²) >= 11 is 0.889. The quantitative estimate of drug-likeness (QED) is 0.730. The predicted molar refractivity (Wildman–Crippen MR) is 97.2 cm³/mol. The van der Waals surface area contributed by atoms with E-state index in [1.54, 1.807) is 12.1 Å². The fourth-order valence-corrected chi connectivity index (χ4v) is 3.40. The highest BCUT2D eigenvalue weighted by molar-refractivity contribution is 8.14. The van der Waals surface area contributed by atoms with E-state index in [2.05, 4.69) is 15.6 Å². The molecule has 2 atom stereocenters. The van der Waals surface area contributed by atoms with Crippen molar-refractivity contribution in [2.24, 2.45) is 4.99 Å². The van der Waals surface area contributed by atoms with Crippen LogP contribution in [0.3, 0.4) is 0 Å². The Balaban J connectivity index is 1.57. The van der Waals surface area contributed by atoms with Crippen LogP contribution in [0.5, 0.6) is 0 Å². The molecule has 5 nitrogen and oxygen atoms in total. The van der Waals surface area contributed by atoms with E-state index in [1.807, 2.05) is 0 Å². The molecular formula is C18H17F4N3O2S. The summed E-state index contributed by atoms with van der Waals surface area (Å²) in [4.78, 5) is 16.2. The second-order valence-electron chi connectivity index (χ2n) is 6.13. The average Bonchev–Trinajstić information content (AvgIpc) is 3.20. The maximum atomic E-state index is 13.2. The molecular weight excluding hydrogens is 398 g/mol. The fraction of sp³-hybridized carbons (Fsp3) is 0.333. The summed E-state index contributed by atoms with van der Waals surface area (Å²) in [5.41, 5.74) is 0.711. The summed E-state index contributed by atoms with van der Waals surface area (Å²) in [6.07, 6.45) is -3.35. The van der Waals surface area contributed by atoms with Crippen molar-refractivity contribution < 1.29 is 26.8 Å². The summed E-state index contributed by atoms with van der Waals surface area (Å²) in [7, 11) is 0. The zero-order chi connectivity index (χ0) is 20.1. The molecule has 3 rings (SSSR count). The molecule has 1 aliphatic heterocycles. The lowest BCUT2D eigenvalue weighted by atomic mass is 10.0. The number of amidine groups is 1. The van der Waals surface area contributed by atoms with E-state index in [-0.39, 0.29) is 35.6 Å². The van der Waals surface area contributed by atoms with E-state index < -0.39 is 18.3 Å². The number of hydrogen-bond donors (Lipinski definition) is 2. The van der Waals surface area contributed by atoms with Crippen molar-refractivity contribution in [3.63, 3.8) is 0 Å². The summed E-state index contributed by atoms with van der Waals surface area (Å²) in [5.74, 6) is -0.517. The zero-order valence-corrected chi connectivity index (χ0v) is 15.3. The molecule has 0 unspecified atom stereocenters. The number of alkyl halides is 3. The number of carbonyl (C=O) groups excluding carboxylic acids is 1. The topological polar surface area (TPSA) is 66.6 Å². The van der Waals surface area contributed by atoms with E-state index in [9.17, 15) is 22.4 Å². The van der Waals surface area contributed by atoms with Crippen molar-refractivity contribution in [2.45, 2.75) is 31.2 Å². The SMILES string of the molecule is O=C(CSC1=N[C@@H](c2ccco2)C[C@@H](C(F)(F)F)N1)NCc1ccc(F)cc1. The van der Waals surface area contributed by atoms with E-state index in [4.69, 9.17) is 4.42 Å². The molecule has 0 fully saturated rings. The molecule has 0 saturated heterocycles. The van der Waals surface area contributed by atoms with Gasteiger partial charge in [-0.15, -0.1) is 0 Å². The molecule has 150 valence electrons. The lowest BCUT2D eigenvalue weighted by Gasteiger charge is -2.29. The van der Waals surface area contributed by atoms with Gasteiger partial charge < -0.3 is 15.1 Å². The van der Waals surface area contributed by atoms with Crippen molar-refractivity contribution in [1.82, 2.24) is 10.6 Å². The monoisotopic (exact) mass is 415 g/mol. The van der Waals surface area contributed by atoms with Crippen LogP contribution in [0, 0.1) is 5.82 Å². The van der Waals surface area contributed by atoms with E-state index in [0.717, 1.165) is 11.8 Å².